The molecule has 0 spiro atoms. The first-order valence-electron chi connectivity index (χ1n) is 5.25. The minimum absolute atomic E-state index is 0.105. The van der Waals surface area contributed by atoms with Gasteiger partial charge in [0, 0.05) is 0 Å². The number of rotatable bonds is 4. The number of esters is 1. The highest BCUT2D eigenvalue weighted by molar-refractivity contribution is 5.72. The number of nitrogens with two attached hydrogens (primary N) is 1. The zero-order chi connectivity index (χ0) is 12.1. The highest BCUT2D eigenvalue weighted by Crippen LogP contribution is 2.16. The van der Waals surface area contributed by atoms with Gasteiger partial charge < -0.3 is 10.5 Å². The molecule has 0 fully saturated rings. The van der Waals surface area contributed by atoms with Crippen molar-refractivity contribution in [1.29, 1.82) is 0 Å². The number of carbonyl (C=O) groups excluding carboxylic acids is 1. The van der Waals surface area contributed by atoms with Crippen molar-refractivity contribution in [2.24, 2.45) is 5.92 Å². The van der Waals surface area contributed by atoms with Crippen LogP contribution in [-0.2, 0) is 16.0 Å². The van der Waals surface area contributed by atoms with Crippen LogP contribution in [0, 0.1) is 11.7 Å². The zero-order valence-electron chi connectivity index (χ0n) is 9.50. The second-order valence-electron chi connectivity index (χ2n) is 3.71. The summed E-state index contributed by atoms with van der Waals surface area (Å²) in [5.41, 5.74) is 6.38. The van der Waals surface area contributed by atoms with Gasteiger partial charge in [-0.25, -0.2) is 4.39 Å². The average Bonchev–Trinajstić information content (AvgIpc) is 2.24. The van der Waals surface area contributed by atoms with Gasteiger partial charge in [-0.3, -0.25) is 4.79 Å². The van der Waals surface area contributed by atoms with Gasteiger partial charge in [0.1, 0.15) is 5.82 Å². The number of nitrogen functional groups attached to an aromatic ring is 1. The lowest BCUT2D eigenvalue weighted by Crippen LogP contribution is -2.17. The van der Waals surface area contributed by atoms with Crippen molar-refractivity contribution in [3.8, 4) is 0 Å². The summed E-state index contributed by atoms with van der Waals surface area (Å²) in [7, 11) is 0. The lowest BCUT2D eigenvalue weighted by molar-refractivity contribution is -0.147. The number of hydrogen-bond donors (Lipinski definition) is 1. The maximum atomic E-state index is 12.9. The second kappa shape index (κ2) is 5.49. The molecule has 0 radical (unpaired) electrons. The Balaban J connectivity index is 2.66. The molecule has 0 saturated carbocycles. The summed E-state index contributed by atoms with van der Waals surface area (Å²) >= 11 is 0. The van der Waals surface area contributed by atoms with Crippen molar-refractivity contribution in [2.75, 3.05) is 12.3 Å². The molecule has 0 bridgehead atoms. The molecule has 1 aromatic rings. The van der Waals surface area contributed by atoms with Crippen molar-refractivity contribution in [2.45, 2.75) is 20.3 Å². The van der Waals surface area contributed by atoms with Gasteiger partial charge in [0.15, 0.2) is 0 Å². The van der Waals surface area contributed by atoms with Gasteiger partial charge in [0.05, 0.1) is 18.2 Å². The monoisotopic (exact) mass is 225 g/mol. The van der Waals surface area contributed by atoms with Gasteiger partial charge in [-0.15, -0.1) is 0 Å². The van der Waals surface area contributed by atoms with Gasteiger partial charge in [0.2, 0.25) is 0 Å². The molecule has 0 aliphatic carbocycles. The van der Waals surface area contributed by atoms with E-state index in [4.69, 9.17) is 10.5 Å². The highest BCUT2D eigenvalue weighted by atomic mass is 19.1. The van der Waals surface area contributed by atoms with Gasteiger partial charge in [0.25, 0.3) is 0 Å². The third-order valence-corrected chi connectivity index (χ3v) is 2.29. The summed E-state index contributed by atoms with van der Waals surface area (Å²) in [6.07, 6.45) is 0.503. The minimum atomic E-state index is -0.437. The molecule has 0 saturated heterocycles. The van der Waals surface area contributed by atoms with Crippen LogP contribution in [0.4, 0.5) is 10.1 Å². The number of carbonyl (C=O) groups is 1. The van der Waals surface area contributed by atoms with E-state index in [1.54, 1.807) is 26.0 Å². The molecule has 0 aliphatic rings. The molecule has 16 heavy (non-hydrogen) atoms. The van der Waals surface area contributed by atoms with Crippen LogP contribution in [-0.4, -0.2) is 12.6 Å². The molecule has 1 atom stereocenters. The molecule has 1 aromatic carbocycles. The Morgan fingerprint density at radius 3 is 2.81 bits per heavy atom. The van der Waals surface area contributed by atoms with E-state index in [9.17, 15) is 9.18 Å². The van der Waals surface area contributed by atoms with Crippen LogP contribution in [0.3, 0.4) is 0 Å². The smallest absolute Gasteiger partial charge is 0.308 e. The minimum Gasteiger partial charge on any atom is -0.466 e. The van der Waals surface area contributed by atoms with Crippen LogP contribution in [0.1, 0.15) is 19.4 Å². The number of halogens is 1. The summed E-state index contributed by atoms with van der Waals surface area (Å²) in [6.45, 7) is 3.91. The Bertz CT molecular complexity index is 379. The molecule has 3 nitrogen and oxygen atoms in total. The van der Waals surface area contributed by atoms with E-state index in [0.29, 0.717) is 13.0 Å². The lowest BCUT2D eigenvalue weighted by atomic mass is 10.0. The number of ether oxygens (including phenoxy) is 1. The molecular formula is C12H16FNO2. The van der Waals surface area contributed by atoms with Crippen LogP contribution >= 0.6 is 0 Å². The molecule has 0 amide bonds. The third kappa shape index (κ3) is 3.22. The Labute approximate surface area is 94.4 Å². The van der Waals surface area contributed by atoms with Crippen molar-refractivity contribution in [3.63, 3.8) is 0 Å². The van der Waals surface area contributed by atoms with Crippen LogP contribution in [0.25, 0.3) is 0 Å². The molecule has 1 unspecified atom stereocenters. The van der Waals surface area contributed by atoms with E-state index < -0.39 is 5.82 Å². The van der Waals surface area contributed by atoms with Crippen LogP contribution < -0.4 is 5.73 Å². The van der Waals surface area contributed by atoms with E-state index >= 15 is 0 Å². The number of hydrogen-bond acceptors (Lipinski definition) is 3. The Hall–Kier alpha value is -1.58. The number of benzene rings is 1. The Morgan fingerprint density at radius 2 is 2.25 bits per heavy atom. The second-order valence-corrected chi connectivity index (χ2v) is 3.71. The van der Waals surface area contributed by atoms with Gasteiger partial charge in [-0.05, 0) is 31.0 Å². The van der Waals surface area contributed by atoms with Crippen LogP contribution in [0.5, 0.6) is 0 Å². The van der Waals surface area contributed by atoms with Crippen LogP contribution in [0.15, 0.2) is 18.2 Å². The maximum absolute atomic E-state index is 12.9. The molecule has 0 aliphatic heterocycles. The molecule has 88 valence electrons. The van der Waals surface area contributed by atoms with Crippen molar-refractivity contribution in [3.05, 3.63) is 29.6 Å². The van der Waals surface area contributed by atoms with E-state index in [1.165, 1.54) is 6.07 Å². The van der Waals surface area contributed by atoms with Crippen molar-refractivity contribution in [1.82, 2.24) is 0 Å². The van der Waals surface area contributed by atoms with E-state index in [-0.39, 0.29) is 17.6 Å². The summed E-state index contributed by atoms with van der Waals surface area (Å²) in [4.78, 5) is 11.4. The Morgan fingerprint density at radius 1 is 1.56 bits per heavy atom. The normalized spacial score (nSPS) is 12.2. The maximum Gasteiger partial charge on any atom is 0.308 e. The SMILES string of the molecule is CCOC(=O)C(C)Cc1ccc(F)c(N)c1. The summed E-state index contributed by atoms with van der Waals surface area (Å²) in [6, 6.07) is 4.48. The zero-order valence-corrected chi connectivity index (χ0v) is 9.50. The quantitative estimate of drug-likeness (QED) is 0.631. The van der Waals surface area contributed by atoms with Crippen molar-refractivity contribution < 1.29 is 13.9 Å². The average molecular weight is 225 g/mol. The molecule has 1 rings (SSSR count). The molecule has 0 heterocycles. The fourth-order valence-electron chi connectivity index (χ4n) is 1.44. The predicted octanol–water partition coefficient (Wildman–Crippen LogP) is 2.15. The number of anilines is 1. The van der Waals surface area contributed by atoms with Gasteiger partial charge in [-0.2, -0.15) is 0 Å². The van der Waals surface area contributed by atoms with E-state index in [0.717, 1.165) is 5.56 Å². The Kier molecular flexibility index (Phi) is 4.28. The predicted molar refractivity (Wildman–Crippen MR) is 60.3 cm³/mol. The summed E-state index contributed by atoms with van der Waals surface area (Å²) < 4.78 is 17.8. The summed E-state index contributed by atoms with van der Waals surface area (Å²) in [5, 5.41) is 0. The van der Waals surface area contributed by atoms with Crippen molar-refractivity contribution >= 4 is 11.7 Å². The first-order chi connectivity index (χ1) is 7.54. The lowest BCUT2D eigenvalue weighted by Gasteiger charge is -2.10. The third-order valence-electron chi connectivity index (χ3n) is 2.29. The van der Waals surface area contributed by atoms with Crippen LogP contribution in [0.2, 0.25) is 0 Å². The standard InChI is InChI=1S/C12H16FNO2/c1-3-16-12(15)8(2)6-9-4-5-10(13)11(14)7-9/h4-5,7-8H,3,6,14H2,1-2H3. The molecule has 4 heteroatoms. The molecule has 0 aromatic heterocycles. The topological polar surface area (TPSA) is 52.3 Å². The van der Waals surface area contributed by atoms with Gasteiger partial charge in [-0.1, -0.05) is 13.0 Å². The largest absolute Gasteiger partial charge is 0.466 e. The first kappa shape index (κ1) is 12.5. The fraction of sp³-hybridized carbons (Fsp3) is 0.417. The van der Waals surface area contributed by atoms with Gasteiger partial charge >= 0.3 is 5.97 Å². The van der Waals surface area contributed by atoms with E-state index in [2.05, 4.69) is 0 Å². The highest BCUT2D eigenvalue weighted by Gasteiger charge is 2.14. The van der Waals surface area contributed by atoms with E-state index in [1.807, 2.05) is 0 Å². The molecule has 2 N–H and O–H groups in total. The summed E-state index contributed by atoms with van der Waals surface area (Å²) in [5.74, 6) is -0.928. The first-order valence-corrected chi connectivity index (χ1v) is 5.25. The molecular weight excluding hydrogens is 209 g/mol. The fourth-order valence-corrected chi connectivity index (χ4v) is 1.44.